The second kappa shape index (κ2) is 5.72. The first-order chi connectivity index (χ1) is 11.3. The minimum Gasteiger partial charge on any atom is -0.349 e. The lowest BCUT2D eigenvalue weighted by atomic mass is 10.1. The molecule has 23 heavy (non-hydrogen) atoms. The topological polar surface area (TPSA) is 75.2 Å². The van der Waals surface area contributed by atoms with Gasteiger partial charge in [0.1, 0.15) is 11.5 Å². The summed E-state index contributed by atoms with van der Waals surface area (Å²) < 4.78 is 2.02. The molecule has 4 heterocycles. The third-order valence-corrected chi connectivity index (χ3v) is 4.18. The molecule has 0 saturated carbocycles. The van der Waals surface area contributed by atoms with Crippen molar-refractivity contribution in [1.82, 2.24) is 29.7 Å². The van der Waals surface area contributed by atoms with Crippen LogP contribution in [0, 0.1) is 0 Å². The second-order valence-corrected chi connectivity index (χ2v) is 5.73. The highest BCUT2D eigenvalue weighted by Crippen LogP contribution is 2.27. The summed E-state index contributed by atoms with van der Waals surface area (Å²) in [6, 6.07) is 4.40. The number of aromatic amines is 2. The zero-order chi connectivity index (χ0) is 15.6. The lowest BCUT2D eigenvalue weighted by Gasteiger charge is -2.10. The fraction of sp³-hybridized carbons (Fsp3) is 0.235. The third-order valence-electron chi connectivity index (χ3n) is 4.18. The number of aryl methyl sites for hydroxylation is 1. The molecule has 0 aliphatic heterocycles. The van der Waals surface area contributed by atoms with E-state index in [0.29, 0.717) is 6.04 Å². The van der Waals surface area contributed by atoms with Gasteiger partial charge in [0.05, 0.1) is 6.20 Å². The number of nitrogens with zero attached hydrogens (tertiary/aromatic N) is 4. The second-order valence-electron chi connectivity index (χ2n) is 5.73. The molecule has 6 heteroatoms. The molecule has 0 amide bonds. The molecule has 116 valence electrons. The summed E-state index contributed by atoms with van der Waals surface area (Å²) in [5.41, 5.74) is 3.17. The van der Waals surface area contributed by atoms with E-state index >= 15 is 0 Å². The van der Waals surface area contributed by atoms with Crippen LogP contribution in [0.1, 0.15) is 25.2 Å². The SMILES string of the molecule is CC(CCc1ncc[nH]1)n1cc(-c2ccnc3[nH]ccc23)cn1. The molecule has 4 aromatic heterocycles. The first-order valence-corrected chi connectivity index (χ1v) is 7.76. The van der Waals surface area contributed by atoms with Gasteiger partial charge in [-0.05, 0) is 31.0 Å². The Morgan fingerprint density at radius 1 is 1.13 bits per heavy atom. The highest BCUT2D eigenvalue weighted by Gasteiger charge is 2.11. The lowest BCUT2D eigenvalue weighted by Crippen LogP contribution is -2.07. The molecule has 0 bridgehead atoms. The fourth-order valence-electron chi connectivity index (χ4n) is 2.84. The number of imidazole rings is 1. The van der Waals surface area contributed by atoms with Crippen LogP contribution in [0.4, 0.5) is 0 Å². The van der Waals surface area contributed by atoms with Crippen LogP contribution in [-0.2, 0) is 6.42 Å². The van der Waals surface area contributed by atoms with Crippen molar-refractivity contribution in [2.45, 2.75) is 25.8 Å². The van der Waals surface area contributed by atoms with Crippen molar-refractivity contribution in [2.24, 2.45) is 0 Å². The number of H-pyrrole nitrogens is 2. The zero-order valence-electron chi connectivity index (χ0n) is 12.9. The van der Waals surface area contributed by atoms with Gasteiger partial charge >= 0.3 is 0 Å². The quantitative estimate of drug-likeness (QED) is 0.594. The Kier molecular flexibility index (Phi) is 3.42. The first kappa shape index (κ1) is 13.8. The van der Waals surface area contributed by atoms with E-state index in [-0.39, 0.29) is 0 Å². The lowest BCUT2D eigenvalue weighted by molar-refractivity contribution is 0.456. The molecule has 0 spiro atoms. The van der Waals surface area contributed by atoms with E-state index in [0.717, 1.165) is 40.8 Å². The van der Waals surface area contributed by atoms with E-state index in [1.165, 1.54) is 0 Å². The smallest absolute Gasteiger partial charge is 0.137 e. The molecule has 0 fully saturated rings. The molecular weight excluding hydrogens is 288 g/mol. The molecular formula is C17H18N6. The van der Waals surface area contributed by atoms with Gasteiger partial charge in [-0.15, -0.1) is 0 Å². The monoisotopic (exact) mass is 306 g/mol. The van der Waals surface area contributed by atoms with Crippen LogP contribution >= 0.6 is 0 Å². The van der Waals surface area contributed by atoms with Crippen molar-refractivity contribution in [3.8, 4) is 11.1 Å². The predicted octanol–water partition coefficient (Wildman–Crippen LogP) is 3.34. The molecule has 4 aromatic rings. The van der Waals surface area contributed by atoms with Crippen molar-refractivity contribution in [3.05, 3.63) is 55.1 Å². The Balaban J connectivity index is 1.55. The maximum atomic E-state index is 4.54. The molecule has 0 aliphatic rings. The standard InChI is InChI=1S/C17H18N6/c1-12(2-3-16-18-8-9-19-16)23-11-13(10-22-23)14-4-6-20-17-15(14)5-7-21-17/h4-12H,2-3H2,1H3,(H,18,19)(H,20,21). The molecule has 0 aliphatic carbocycles. The van der Waals surface area contributed by atoms with E-state index in [1.54, 1.807) is 6.20 Å². The van der Waals surface area contributed by atoms with Gasteiger partial charge in [0.2, 0.25) is 0 Å². The Morgan fingerprint density at radius 3 is 2.96 bits per heavy atom. The van der Waals surface area contributed by atoms with E-state index < -0.39 is 0 Å². The largest absolute Gasteiger partial charge is 0.349 e. The average molecular weight is 306 g/mol. The molecule has 4 rings (SSSR count). The van der Waals surface area contributed by atoms with Crippen LogP contribution in [-0.4, -0.2) is 29.7 Å². The Bertz CT molecular complexity index is 902. The maximum absolute atomic E-state index is 4.54. The van der Waals surface area contributed by atoms with Crippen molar-refractivity contribution < 1.29 is 0 Å². The number of hydrogen-bond acceptors (Lipinski definition) is 3. The van der Waals surface area contributed by atoms with E-state index in [1.807, 2.05) is 35.5 Å². The highest BCUT2D eigenvalue weighted by atomic mass is 15.3. The summed E-state index contributed by atoms with van der Waals surface area (Å²) >= 11 is 0. The summed E-state index contributed by atoms with van der Waals surface area (Å²) in [5, 5.41) is 5.66. The Hall–Kier alpha value is -2.89. The van der Waals surface area contributed by atoms with Crippen molar-refractivity contribution in [3.63, 3.8) is 0 Å². The summed E-state index contributed by atoms with van der Waals surface area (Å²) in [6.45, 7) is 2.18. The summed E-state index contributed by atoms with van der Waals surface area (Å²) in [7, 11) is 0. The van der Waals surface area contributed by atoms with Crippen LogP contribution in [0.2, 0.25) is 0 Å². The van der Waals surface area contributed by atoms with E-state index in [2.05, 4.69) is 44.2 Å². The van der Waals surface area contributed by atoms with Crippen LogP contribution in [0.25, 0.3) is 22.2 Å². The van der Waals surface area contributed by atoms with Crippen molar-refractivity contribution in [1.29, 1.82) is 0 Å². The van der Waals surface area contributed by atoms with Gasteiger partial charge in [-0.1, -0.05) is 0 Å². The van der Waals surface area contributed by atoms with Gasteiger partial charge in [0.25, 0.3) is 0 Å². The number of rotatable bonds is 5. The molecule has 0 saturated heterocycles. The van der Waals surface area contributed by atoms with Crippen molar-refractivity contribution >= 4 is 11.0 Å². The maximum Gasteiger partial charge on any atom is 0.137 e. The van der Waals surface area contributed by atoms with Crippen molar-refractivity contribution in [2.75, 3.05) is 0 Å². The van der Waals surface area contributed by atoms with E-state index in [4.69, 9.17) is 0 Å². The minimum atomic E-state index is 0.317. The van der Waals surface area contributed by atoms with Crippen LogP contribution in [0.15, 0.2) is 49.3 Å². The van der Waals surface area contributed by atoms with Gasteiger partial charge in [0, 0.05) is 54.4 Å². The normalized spacial score (nSPS) is 12.7. The molecule has 1 atom stereocenters. The number of fused-ring (bicyclic) bond motifs is 1. The molecule has 6 nitrogen and oxygen atoms in total. The first-order valence-electron chi connectivity index (χ1n) is 7.76. The number of hydrogen-bond donors (Lipinski definition) is 2. The predicted molar refractivity (Wildman–Crippen MR) is 88.9 cm³/mol. The molecule has 0 aromatic carbocycles. The Labute approximate surface area is 133 Å². The number of pyridine rings is 1. The highest BCUT2D eigenvalue weighted by molar-refractivity contribution is 5.92. The van der Waals surface area contributed by atoms with E-state index in [9.17, 15) is 0 Å². The third kappa shape index (κ3) is 2.63. The van der Waals surface area contributed by atoms with Crippen LogP contribution in [0.3, 0.4) is 0 Å². The van der Waals surface area contributed by atoms with Gasteiger partial charge < -0.3 is 9.97 Å². The van der Waals surface area contributed by atoms with Crippen LogP contribution < -0.4 is 0 Å². The zero-order valence-corrected chi connectivity index (χ0v) is 12.9. The summed E-state index contributed by atoms with van der Waals surface area (Å²) in [4.78, 5) is 14.9. The molecule has 2 N–H and O–H groups in total. The number of nitrogens with one attached hydrogen (secondary N) is 2. The molecule has 0 radical (unpaired) electrons. The van der Waals surface area contributed by atoms with Gasteiger partial charge in [0.15, 0.2) is 0 Å². The Morgan fingerprint density at radius 2 is 2.09 bits per heavy atom. The molecule has 1 unspecified atom stereocenters. The average Bonchev–Trinajstić information content (AvgIpc) is 3.32. The minimum absolute atomic E-state index is 0.317. The summed E-state index contributed by atoms with van der Waals surface area (Å²) in [5.74, 6) is 1.02. The summed E-state index contributed by atoms with van der Waals surface area (Å²) in [6.07, 6.45) is 13.3. The van der Waals surface area contributed by atoms with Gasteiger partial charge in [-0.25, -0.2) is 9.97 Å². The fourth-order valence-corrected chi connectivity index (χ4v) is 2.84. The van der Waals surface area contributed by atoms with Gasteiger partial charge in [-0.3, -0.25) is 4.68 Å². The number of aromatic nitrogens is 6. The van der Waals surface area contributed by atoms with Crippen LogP contribution in [0.5, 0.6) is 0 Å². The van der Waals surface area contributed by atoms with Gasteiger partial charge in [-0.2, -0.15) is 5.10 Å².